The lowest BCUT2D eigenvalue weighted by Crippen LogP contribution is -2.11. The third-order valence-corrected chi connectivity index (χ3v) is 2.67. The van der Waals surface area contributed by atoms with E-state index in [1.54, 1.807) is 7.11 Å². The number of ether oxygens (including phenoxy) is 1. The molecule has 1 unspecified atom stereocenters. The Balaban J connectivity index is 2.44. The molecule has 2 nitrogen and oxygen atoms in total. The van der Waals surface area contributed by atoms with E-state index in [2.05, 4.69) is 43.4 Å². The number of rotatable bonds is 7. The molecule has 2 heteroatoms. The summed E-state index contributed by atoms with van der Waals surface area (Å²) in [7, 11) is 1.73. The summed E-state index contributed by atoms with van der Waals surface area (Å²) in [4.78, 5) is 0. The molecule has 0 aliphatic carbocycles. The predicted molar refractivity (Wildman–Crippen MR) is 69.7 cm³/mol. The zero-order valence-corrected chi connectivity index (χ0v) is 10.6. The predicted octanol–water partition coefficient (Wildman–Crippen LogP) is 3.68. The Morgan fingerprint density at radius 2 is 2.19 bits per heavy atom. The second kappa shape index (κ2) is 7.29. The molecule has 0 aliphatic rings. The first-order valence-corrected chi connectivity index (χ1v) is 6.08. The van der Waals surface area contributed by atoms with E-state index in [1.165, 1.54) is 24.1 Å². The fourth-order valence-corrected chi connectivity index (χ4v) is 1.82. The molecule has 0 heterocycles. The summed E-state index contributed by atoms with van der Waals surface area (Å²) in [5.41, 5.74) is 2.41. The van der Waals surface area contributed by atoms with Crippen LogP contribution >= 0.6 is 0 Å². The minimum atomic E-state index is 0.681. The molecule has 0 radical (unpaired) electrons. The van der Waals surface area contributed by atoms with Crippen LogP contribution in [-0.2, 0) is 11.3 Å². The zero-order valence-electron chi connectivity index (χ0n) is 10.6. The van der Waals surface area contributed by atoms with Crippen molar-refractivity contribution < 1.29 is 4.74 Å². The van der Waals surface area contributed by atoms with Crippen molar-refractivity contribution in [1.82, 2.24) is 0 Å². The van der Waals surface area contributed by atoms with E-state index in [9.17, 15) is 0 Å². The van der Waals surface area contributed by atoms with E-state index in [0.717, 1.165) is 12.5 Å². The van der Waals surface area contributed by atoms with E-state index in [4.69, 9.17) is 4.74 Å². The summed E-state index contributed by atoms with van der Waals surface area (Å²) in [6, 6.07) is 8.42. The number of methoxy groups -OCH3 is 1. The molecule has 0 saturated heterocycles. The van der Waals surface area contributed by atoms with E-state index >= 15 is 0 Å². The first-order valence-electron chi connectivity index (χ1n) is 6.08. The molecule has 16 heavy (non-hydrogen) atoms. The Bertz CT molecular complexity index is 299. The zero-order chi connectivity index (χ0) is 11.8. The van der Waals surface area contributed by atoms with Crippen molar-refractivity contribution in [3.8, 4) is 0 Å². The van der Waals surface area contributed by atoms with E-state index in [-0.39, 0.29) is 0 Å². The van der Waals surface area contributed by atoms with Gasteiger partial charge in [-0.2, -0.15) is 0 Å². The fourth-order valence-electron chi connectivity index (χ4n) is 1.82. The molecule has 1 N–H and O–H groups in total. The SMILES string of the molecule is CCCC(C)CNc1cccc(COC)c1. The molecular formula is C14H23NO. The van der Waals surface area contributed by atoms with Crippen LogP contribution in [0.3, 0.4) is 0 Å². The molecule has 0 bridgehead atoms. The van der Waals surface area contributed by atoms with Gasteiger partial charge in [-0.25, -0.2) is 0 Å². The van der Waals surface area contributed by atoms with Gasteiger partial charge >= 0.3 is 0 Å². The average molecular weight is 221 g/mol. The van der Waals surface area contributed by atoms with Gasteiger partial charge in [-0.1, -0.05) is 32.4 Å². The Morgan fingerprint density at radius 1 is 1.38 bits per heavy atom. The molecule has 1 aromatic carbocycles. The Hall–Kier alpha value is -1.02. The maximum Gasteiger partial charge on any atom is 0.0713 e. The van der Waals surface area contributed by atoms with Crippen LogP contribution in [0.15, 0.2) is 24.3 Å². The van der Waals surface area contributed by atoms with Gasteiger partial charge in [0.05, 0.1) is 6.61 Å². The molecule has 0 amide bonds. The van der Waals surface area contributed by atoms with Crippen LogP contribution in [0.2, 0.25) is 0 Å². The largest absolute Gasteiger partial charge is 0.385 e. The molecule has 0 aromatic heterocycles. The van der Waals surface area contributed by atoms with Gasteiger partial charge < -0.3 is 10.1 Å². The second-order valence-electron chi connectivity index (χ2n) is 4.41. The summed E-state index contributed by atoms with van der Waals surface area (Å²) in [6.45, 7) is 6.25. The smallest absolute Gasteiger partial charge is 0.0713 e. The molecule has 0 fully saturated rings. The molecular weight excluding hydrogens is 198 g/mol. The lowest BCUT2D eigenvalue weighted by molar-refractivity contribution is 0.185. The Morgan fingerprint density at radius 3 is 2.88 bits per heavy atom. The van der Waals surface area contributed by atoms with Gasteiger partial charge in [-0.15, -0.1) is 0 Å². The van der Waals surface area contributed by atoms with Crippen molar-refractivity contribution in [1.29, 1.82) is 0 Å². The molecule has 0 aliphatic heterocycles. The van der Waals surface area contributed by atoms with Crippen molar-refractivity contribution in [2.24, 2.45) is 5.92 Å². The van der Waals surface area contributed by atoms with Gasteiger partial charge in [0.2, 0.25) is 0 Å². The van der Waals surface area contributed by atoms with Crippen LogP contribution in [0, 0.1) is 5.92 Å². The summed E-state index contributed by atoms with van der Waals surface area (Å²) in [5, 5.41) is 3.47. The van der Waals surface area contributed by atoms with E-state index < -0.39 is 0 Å². The third kappa shape index (κ3) is 4.67. The van der Waals surface area contributed by atoms with Gasteiger partial charge in [0.25, 0.3) is 0 Å². The van der Waals surface area contributed by atoms with Crippen LogP contribution in [0.1, 0.15) is 32.3 Å². The highest BCUT2D eigenvalue weighted by atomic mass is 16.5. The van der Waals surface area contributed by atoms with Crippen LogP contribution in [0.25, 0.3) is 0 Å². The van der Waals surface area contributed by atoms with Gasteiger partial charge in [0.15, 0.2) is 0 Å². The summed E-state index contributed by atoms with van der Waals surface area (Å²) < 4.78 is 5.12. The summed E-state index contributed by atoms with van der Waals surface area (Å²) in [6.07, 6.45) is 2.54. The number of benzene rings is 1. The summed E-state index contributed by atoms with van der Waals surface area (Å²) in [5.74, 6) is 0.732. The maximum atomic E-state index is 5.12. The highest BCUT2D eigenvalue weighted by molar-refractivity contribution is 5.45. The molecule has 1 rings (SSSR count). The van der Waals surface area contributed by atoms with Crippen molar-refractivity contribution in [2.45, 2.75) is 33.3 Å². The monoisotopic (exact) mass is 221 g/mol. The van der Waals surface area contributed by atoms with Gasteiger partial charge in [-0.05, 0) is 30.0 Å². The number of nitrogens with one attached hydrogen (secondary N) is 1. The second-order valence-corrected chi connectivity index (χ2v) is 4.41. The molecule has 0 spiro atoms. The van der Waals surface area contributed by atoms with E-state index in [1.807, 2.05) is 0 Å². The third-order valence-electron chi connectivity index (χ3n) is 2.67. The lowest BCUT2D eigenvalue weighted by atomic mass is 10.1. The maximum absolute atomic E-state index is 5.12. The summed E-state index contributed by atoms with van der Waals surface area (Å²) >= 11 is 0. The van der Waals surface area contributed by atoms with Gasteiger partial charge in [0, 0.05) is 19.3 Å². The minimum absolute atomic E-state index is 0.681. The van der Waals surface area contributed by atoms with Crippen LogP contribution < -0.4 is 5.32 Å². The lowest BCUT2D eigenvalue weighted by Gasteiger charge is -2.13. The molecule has 1 atom stereocenters. The van der Waals surface area contributed by atoms with Crippen molar-refractivity contribution >= 4 is 5.69 Å². The number of anilines is 1. The van der Waals surface area contributed by atoms with Crippen LogP contribution in [-0.4, -0.2) is 13.7 Å². The normalized spacial score (nSPS) is 12.4. The standard InChI is InChI=1S/C14H23NO/c1-4-6-12(2)10-15-14-8-5-7-13(9-14)11-16-3/h5,7-9,12,15H,4,6,10-11H2,1-3H3. The first kappa shape index (κ1) is 13.0. The Kier molecular flexibility index (Phi) is 5.94. The van der Waals surface area contributed by atoms with Crippen LogP contribution in [0.4, 0.5) is 5.69 Å². The van der Waals surface area contributed by atoms with Gasteiger partial charge in [-0.3, -0.25) is 0 Å². The number of hydrogen-bond acceptors (Lipinski definition) is 2. The van der Waals surface area contributed by atoms with Crippen molar-refractivity contribution in [3.05, 3.63) is 29.8 Å². The first-order chi connectivity index (χ1) is 7.76. The Labute approximate surface area is 99.0 Å². The average Bonchev–Trinajstić information content (AvgIpc) is 2.28. The molecule has 0 saturated carbocycles. The minimum Gasteiger partial charge on any atom is -0.385 e. The number of hydrogen-bond donors (Lipinski definition) is 1. The highest BCUT2D eigenvalue weighted by Crippen LogP contribution is 2.13. The van der Waals surface area contributed by atoms with Crippen molar-refractivity contribution in [3.63, 3.8) is 0 Å². The molecule has 1 aromatic rings. The quantitative estimate of drug-likeness (QED) is 0.758. The van der Waals surface area contributed by atoms with E-state index in [0.29, 0.717) is 6.61 Å². The van der Waals surface area contributed by atoms with Crippen molar-refractivity contribution in [2.75, 3.05) is 19.0 Å². The van der Waals surface area contributed by atoms with Crippen LogP contribution in [0.5, 0.6) is 0 Å². The topological polar surface area (TPSA) is 21.3 Å². The fraction of sp³-hybridized carbons (Fsp3) is 0.571. The molecule has 90 valence electrons. The highest BCUT2D eigenvalue weighted by Gasteiger charge is 2.00. The van der Waals surface area contributed by atoms with Gasteiger partial charge in [0.1, 0.15) is 0 Å².